The van der Waals surface area contributed by atoms with Crippen molar-refractivity contribution in [1.82, 2.24) is 4.90 Å². The molecule has 0 atom stereocenters. The number of carbonyl (C=O) groups is 2. The third kappa shape index (κ3) is 5.26. The number of halogens is 2. The number of thioether (sulfide) groups is 1. The van der Waals surface area contributed by atoms with Crippen LogP contribution < -0.4 is 9.47 Å². The van der Waals surface area contributed by atoms with Crippen LogP contribution in [0, 0.1) is 12.7 Å². The van der Waals surface area contributed by atoms with E-state index in [0.717, 1.165) is 27.8 Å². The summed E-state index contributed by atoms with van der Waals surface area (Å²) in [6.45, 7) is 2.40. The Labute approximate surface area is 206 Å². The Kier molecular flexibility index (Phi) is 7.24. The van der Waals surface area contributed by atoms with Crippen LogP contribution >= 0.6 is 23.4 Å². The fraction of sp³-hybridized carbons (Fsp3) is 0.154. The number of carbonyl (C=O) groups excluding carboxylic acids is 2. The molecule has 0 unspecified atom stereocenters. The lowest BCUT2D eigenvalue weighted by Gasteiger charge is -2.14. The Morgan fingerprint density at radius 2 is 1.82 bits per heavy atom. The molecule has 0 radical (unpaired) electrons. The Hall–Kier alpha value is -3.29. The highest BCUT2D eigenvalue weighted by molar-refractivity contribution is 8.18. The predicted octanol–water partition coefficient (Wildman–Crippen LogP) is 6.61. The van der Waals surface area contributed by atoms with Crippen molar-refractivity contribution in [2.45, 2.75) is 20.1 Å². The second-order valence-corrected chi connectivity index (χ2v) is 9.04. The molecule has 3 aromatic rings. The topological polar surface area (TPSA) is 55.8 Å². The van der Waals surface area contributed by atoms with Gasteiger partial charge in [0.05, 0.1) is 23.6 Å². The molecule has 8 heteroatoms. The van der Waals surface area contributed by atoms with Gasteiger partial charge in [-0.25, -0.2) is 4.39 Å². The first-order valence-electron chi connectivity index (χ1n) is 10.4. The van der Waals surface area contributed by atoms with E-state index in [1.165, 1.54) is 19.2 Å². The first-order valence-corrected chi connectivity index (χ1v) is 11.6. The van der Waals surface area contributed by atoms with Gasteiger partial charge in [-0.05, 0) is 71.3 Å². The number of ether oxygens (including phenoxy) is 2. The average Bonchev–Trinajstić information content (AvgIpc) is 3.07. The second kappa shape index (κ2) is 10.3. The number of aryl methyl sites for hydroxylation is 1. The second-order valence-electron chi connectivity index (χ2n) is 7.64. The van der Waals surface area contributed by atoms with Crippen LogP contribution in [0.2, 0.25) is 5.02 Å². The molecule has 1 saturated heterocycles. The van der Waals surface area contributed by atoms with Gasteiger partial charge in [0.15, 0.2) is 11.5 Å². The van der Waals surface area contributed by atoms with Crippen LogP contribution in [0.3, 0.4) is 0 Å². The Morgan fingerprint density at radius 3 is 2.53 bits per heavy atom. The molecule has 2 amide bonds. The van der Waals surface area contributed by atoms with Crippen LogP contribution in [0.25, 0.3) is 6.08 Å². The molecule has 1 heterocycles. The first-order chi connectivity index (χ1) is 16.4. The normalized spacial score (nSPS) is 14.7. The van der Waals surface area contributed by atoms with Gasteiger partial charge < -0.3 is 9.47 Å². The van der Waals surface area contributed by atoms with Gasteiger partial charge in [0.2, 0.25) is 0 Å². The summed E-state index contributed by atoms with van der Waals surface area (Å²) in [5, 5.41) is -0.0680. The number of benzene rings is 3. The van der Waals surface area contributed by atoms with E-state index >= 15 is 0 Å². The minimum absolute atomic E-state index is 0.0675. The van der Waals surface area contributed by atoms with E-state index in [9.17, 15) is 14.0 Å². The van der Waals surface area contributed by atoms with Gasteiger partial charge in [0.25, 0.3) is 11.1 Å². The molecule has 0 saturated carbocycles. The molecule has 1 aliphatic rings. The monoisotopic (exact) mass is 497 g/mol. The summed E-state index contributed by atoms with van der Waals surface area (Å²) in [5.74, 6) is 0.0103. The van der Waals surface area contributed by atoms with E-state index < -0.39 is 11.1 Å². The zero-order valence-electron chi connectivity index (χ0n) is 18.5. The molecule has 5 nitrogen and oxygen atoms in total. The number of imide groups is 1. The summed E-state index contributed by atoms with van der Waals surface area (Å²) >= 11 is 7.33. The van der Waals surface area contributed by atoms with Crippen LogP contribution in [0.4, 0.5) is 9.18 Å². The van der Waals surface area contributed by atoms with E-state index in [4.69, 9.17) is 21.1 Å². The first kappa shape index (κ1) is 23.9. The quantitative estimate of drug-likeness (QED) is 0.344. The van der Waals surface area contributed by atoms with Crippen LogP contribution in [0.5, 0.6) is 11.5 Å². The molecule has 0 bridgehead atoms. The zero-order valence-corrected chi connectivity index (χ0v) is 20.1. The van der Waals surface area contributed by atoms with Crippen LogP contribution in [0.1, 0.15) is 22.3 Å². The number of methoxy groups -OCH3 is 1. The highest BCUT2D eigenvalue weighted by Crippen LogP contribution is 2.39. The van der Waals surface area contributed by atoms with Crippen molar-refractivity contribution in [2.75, 3.05) is 7.11 Å². The molecule has 1 fully saturated rings. The van der Waals surface area contributed by atoms with Gasteiger partial charge in [-0.3, -0.25) is 14.5 Å². The van der Waals surface area contributed by atoms with Crippen LogP contribution in [0.15, 0.2) is 65.6 Å². The number of hydrogen-bond donors (Lipinski definition) is 0. The van der Waals surface area contributed by atoms with Crippen LogP contribution in [-0.4, -0.2) is 23.2 Å². The van der Waals surface area contributed by atoms with E-state index in [1.807, 2.05) is 31.2 Å². The third-order valence-electron chi connectivity index (χ3n) is 5.31. The smallest absolute Gasteiger partial charge is 0.293 e. The molecule has 3 aromatic carbocycles. The van der Waals surface area contributed by atoms with Crippen molar-refractivity contribution in [3.05, 3.63) is 98.7 Å². The maximum atomic E-state index is 13.1. The van der Waals surface area contributed by atoms with Gasteiger partial charge in [-0.1, -0.05) is 48.0 Å². The molecule has 34 heavy (non-hydrogen) atoms. The summed E-state index contributed by atoms with van der Waals surface area (Å²) in [4.78, 5) is 26.7. The van der Waals surface area contributed by atoms with Gasteiger partial charge in [0.1, 0.15) is 12.4 Å². The number of rotatable bonds is 7. The Bertz CT molecular complexity index is 1280. The van der Waals surface area contributed by atoms with Gasteiger partial charge >= 0.3 is 0 Å². The molecular weight excluding hydrogens is 477 g/mol. The molecule has 0 aromatic heterocycles. The van der Waals surface area contributed by atoms with Crippen molar-refractivity contribution in [3.8, 4) is 11.5 Å². The van der Waals surface area contributed by atoms with Gasteiger partial charge in [-0.2, -0.15) is 0 Å². The lowest BCUT2D eigenvalue weighted by molar-refractivity contribution is -0.123. The fourth-order valence-electron chi connectivity index (χ4n) is 3.45. The SMILES string of the molecule is COc1cc(/C=C2\SC(=O)N(Cc3ccc(F)cc3)C2=O)cc(Cl)c1OCc1ccccc1C. The fourth-order valence-corrected chi connectivity index (χ4v) is 4.56. The largest absolute Gasteiger partial charge is 0.493 e. The number of hydrogen-bond acceptors (Lipinski definition) is 5. The standard InChI is InChI=1S/C26H21ClFNO4S/c1-16-5-3-4-6-19(16)15-33-24-21(27)11-18(12-22(24)32-2)13-23-25(30)29(26(31)34-23)14-17-7-9-20(28)10-8-17/h3-13H,14-15H2,1-2H3/b23-13-. The predicted molar refractivity (Wildman–Crippen MR) is 131 cm³/mol. The summed E-state index contributed by atoms with van der Waals surface area (Å²) in [6, 6.07) is 16.9. The minimum Gasteiger partial charge on any atom is -0.493 e. The molecular formula is C26H21ClFNO4S. The lowest BCUT2D eigenvalue weighted by Crippen LogP contribution is -2.27. The van der Waals surface area contributed by atoms with Crippen molar-refractivity contribution in [3.63, 3.8) is 0 Å². The summed E-state index contributed by atoms with van der Waals surface area (Å²) < 4.78 is 24.6. The lowest BCUT2D eigenvalue weighted by atomic mass is 10.1. The maximum Gasteiger partial charge on any atom is 0.293 e. The number of nitrogens with zero attached hydrogens (tertiary/aromatic N) is 1. The van der Waals surface area contributed by atoms with Crippen molar-refractivity contribution in [1.29, 1.82) is 0 Å². The molecule has 0 aliphatic carbocycles. The zero-order chi connectivity index (χ0) is 24.2. The van der Waals surface area contributed by atoms with Crippen molar-refractivity contribution < 1.29 is 23.5 Å². The van der Waals surface area contributed by atoms with Crippen molar-refractivity contribution >= 4 is 40.6 Å². The van der Waals surface area contributed by atoms with Gasteiger partial charge in [-0.15, -0.1) is 0 Å². The Morgan fingerprint density at radius 1 is 1.09 bits per heavy atom. The van der Waals surface area contributed by atoms with Gasteiger partial charge in [0, 0.05) is 0 Å². The molecule has 0 spiro atoms. The summed E-state index contributed by atoms with van der Waals surface area (Å²) in [5.41, 5.74) is 3.38. The van der Waals surface area contributed by atoms with E-state index in [1.54, 1.807) is 30.3 Å². The van der Waals surface area contributed by atoms with E-state index in [2.05, 4.69) is 0 Å². The van der Waals surface area contributed by atoms with Crippen molar-refractivity contribution in [2.24, 2.45) is 0 Å². The summed E-state index contributed by atoms with van der Waals surface area (Å²) in [7, 11) is 1.51. The number of amides is 2. The third-order valence-corrected chi connectivity index (χ3v) is 6.50. The Balaban J connectivity index is 1.53. The van der Waals surface area contributed by atoms with Crippen LogP contribution in [-0.2, 0) is 17.9 Å². The minimum atomic E-state index is -0.422. The summed E-state index contributed by atoms with van der Waals surface area (Å²) in [6.07, 6.45) is 1.59. The average molecular weight is 498 g/mol. The molecule has 0 N–H and O–H groups in total. The van der Waals surface area contributed by atoms with E-state index in [0.29, 0.717) is 34.3 Å². The highest BCUT2D eigenvalue weighted by Gasteiger charge is 2.35. The maximum absolute atomic E-state index is 13.1. The van der Waals surface area contributed by atoms with E-state index in [-0.39, 0.29) is 17.3 Å². The highest BCUT2D eigenvalue weighted by atomic mass is 35.5. The molecule has 174 valence electrons. The molecule has 1 aliphatic heterocycles. The molecule has 4 rings (SSSR count).